The fourth-order valence-electron chi connectivity index (χ4n) is 2.20. The molecule has 28 heavy (non-hydrogen) atoms. The van der Waals surface area contributed by atoms with Gasteiger partial charge in [0.05, 0.1) is 13.2 Å². The van der Waals surface area contributed by atoms with Crippen LogP contribution in [0.3, 0.4) is 0 Å². The minimum absolute atomic E-state index is 0.0517. The van der Waals surface area contributed by atoms with Crippen LogP contribution in [-0.2, 0) is 16.5 Å². The maximum absolute atomic E-state index is 9.05. The molecule has 0 radical (unpaired) electrons. The zero-order valence-electron chi connectivity index (χ0n) is 15.1. The van der Waals surface area contributed by atoms with E-state index in [0.717, 1.165) is 30.8 Å². The summed E-state index contributed by atoms with van der Waals surface area (Å²) in [5.41, 5.74) is 13.7. The van der Waals surface area contributed by atoms with Gasteiger partial charge in [0.2, 0.25) is 0 Å². The zero-order valence-corrected chi connectivity index (χ0v) is 18.9. The molecular formula is C19H22Cl2N4O2Pt. The molecule has 0 aliphatic heterocycles. The molecule has 2 aromatic rings. The van der Waals surface area contributed by atoms with Gasteiger partial charge in [-0.25, -0.2) is 0 Å². The van der Waals surface area contributed by atoms with E-state index in [9.17, 15) is 0 Å². The summed E-state index contributed by atoms with van der Waals surface area (Å²) in [5.74, 6) is 1.11. The number of nitrogens with zero attached hydrogens (tertiary/aromatic N) is 1. The van der Waals surface area contributed by atoms with Crippen molar-refractivity contribution in [2.75, 3.05) is 13.2 Å². The Balaban J connectivity index is 0.00000122. The molecular weight excluding hydrogens is 582 g/mol. The first-order valence-corrected chi connectivity index (χ1v) is 14.0. The first kappa shape index (κ1) is 24.3. The maximum Gasteiger partial charge on any atom is 0.122 e. The molecule has 0 bridgehead atoms. The minimum Gasteiger partial charge on any atom is -0.824 e. The van der Waals surface area contributed by atoms with E-state index in [1.165, 1.54) is 0 Å². The van der Waals surface area contributed by atoms with Gasteiger partial charge in [0.15, 0.2) is 0 Å². The summed E-state index contributed by atoms with van der Waals surface area (Å²) in [6.45, 7) is 1.25. The summed E-state index contributed by atoms with van der Waals surface area (Å²) in [6.07, 6.45) is 2.84. The first-order chi connectivity index (χ1) is 13.5. The second-order valence-corrected chi connectivity index (χ2v) is 8.90. The Morgan fingerprint density at radius 3 is 1.64 bits per heavy atom. The van der Waals surface area contributed by atoms with Gasteiger partial charge in [-0.1, -0.05) is 17.7 Å². The molecule has 4 N–H and O–H groups in total. The molecule has 0 atom stereocenters. The number of amidine groups is 2. The number of hydrogen-bond acceptors (Lipinski definition) is 3. The van der Waals surface area contributed by atoms with Gasteiger partial charge in [-0.2, -0.15) is 0 Å². The van der Waals surface area contributed by atoms with Gasteiger partial charge < -0.3 is 26.4 Å². The van der Waals surface area contributed by atoms with Crippen molar-refractivity contribution in [1.29, 1.82) is 5.41 Å². The van der Waals surface area contributed by atoms with Crippen LogP contribution < -0.4 is 15.2 Å². The van der Waals surface area contributed by atoms with Crippen molar-refractivity contribution in [3.05, 3.63) is 70.8 Å². The summed E-state index contributed by atoms with van der Waals surface area (Å²) in [4.78, 5) is 0. The Kier molecular flexibility index (Phi) is 12.4. The van der Waals surface area contributed by atoms with Gasteiger partial charge in [-0.15, -0.1) is 0 Å². The van der Waals surface area contributed by atoms with Gasteiger partial charge in [0, 0.05) is 5.56 Å². The number of nitrogen functional groups attached to an aromatic ring is 1. The first-order valence-electron chi connectivity index (χ1n) is 8.38. The Bertz CT molecular complexity index is 666. The van der Waals surface area contributed by atoms with Crippen molar-refractivity contribution < 1.29 is 26.0 Å². The van der Waals surface area contributed by atoms with E-state index in [0.29, 0.717) is 24.3 Å². The van der Waals surface area contributed by atoms with Crippen LogP contribution in [0.4, 0.5) is 0 Å². The Morgan fingerprint density at radius 1 is 0.893 bits per heavy atom. The van der Waals surface area contributed by atoms with Crippen molar-refractivity contribution in [1.82, 2.24) is 0 Å². The van der Waals surface area contributed by atoms with Gasteiger partial charge in [-0.05, 0) is 55.7 Å². The molecule has 0 amide bonds. The van der Waals surface area contributed by atoms with Crippen LogP contribution in [-0.4, -0.2) is 24.9 Å². The quantitative estimate of drug-likeness (QED) is 0.217. The predicted octanol–water partition coefficient (Wildman–Crippen LogP) is 5.34. The minimum atomic E-state index is -0.472. The Labute approximate surface area is 181 Å². The van der Waals surface area contributed by atoms with Crippen molar-refractivity contribution in [2.45, 2.75) is 19.3 Å². The van der Waals surface area contributed by atoms with E-state index < -0.39 is 22.3 Å². The van der Waals surface area contributed by atoms with E-state index in [1.54, 1.807) is 36.4 Å². The molecule has 6 nitrogen and oxygen atoms in total. The van der Waals surface area contributed by atoms with Crippen LogP contribution in [0.5, 0.6) is 11.5 Å². The molecule has 0 spiro atoms. The zero-order chi connectivity index (χ0) is 20.8. The predicted molar refractivity (Wildman–Crippen MR) is 112 cm³/mol. The third-order valence-electron chi connectivity index (χ3n) is 3.62. The number of unbranched alkanes of at least 4 members (excludes halogenated alkanes) is 2. The van der Waals surface area contributed by atoms with Gasteiger partial charge in [-0.3, -0.25) is 11.2 Å². The fourth-order valence-corrected chi connectivity index (χ4v) is 2.20. The monoisotopic (exact) mass is 603 g/mol. The van der Waals surface area contributed by atoms with E-state index in [2.05, 4.69) is 0 Å². The molecule has 0 fully saturated rings. The third-order valence-corrected chi connectivity index (χ3v) is 3.62. The molecule has 9 heteroatoms. The van der Waals surface area contributed by atoms with Crippen molar-refractivity contribution >= 4 is 30.5 Å². The van der Waals surface area contributed by atoms with Crippen molar-refractivity contribution in [3.63, 3.8) is 0 Å². The van der Waals surface area contributed by atoms with Crippen LogP contribution >= 0.6 is 18.8 Å². The van der Waals surface area contributed by atoms with E-state index in [1.807, 2.05) is 12.1 Å². The normalized spacial score (nSPS) is 9.93. The largest absolute Gasteiger partial charge is 0.824 e. The standard InChI is InChI=1S/C19H22N4O2.2ClH.Pt/c20-18(21)14-4-8-16(9-5-14)24-12-2-1-3-13-25-17-10-6-15(7-11-17)19(22)23;;;/h4-11H,1-3,12-13H2,(H4-2,20,21,22,23);2*1H;/q-2;;;+4/p-2. The Morgan fingerprint density at radius 2 is 1.29 bits per heavy atom. The van der Waals surface area contributed by atoms with Gasteiger partial charge in [0.1, 0.15) is 17.3 Å². The molecule has 2 aromatic carbocycles. The molecule has 0 saturated heterocycles. The summed E-state index contributed by atoms with van der Waals surface area (Å²) in [5, 5.41) is 16.4. The van der Waals surface area contributed by atoms with Crippen LogP contribution in [0, 0.1) is 5.41 Å². The number of ether oxygens (including phenoxy) is 2. The molecule has 0 aliphatic carbocycles. The number of hydrogen-bond donors (Lipinski definition) is 2. The summed E-state index contributed by atoms with van der Waals surface area (Å²) >= 11 is -0.472. The van der Waals surface area contributed by atoms with Crippen LogP contribution in [0.25, 0.3) is 11.1 Å². The summed E-state index contributed by atoms with van der Waals surface area (Å²) < 4.78 is 11.3. The summed E-state index contributed by atoms with van der Waals surface area (Å²) in [6, 6.07) is 14.0. The molecule has 0 saturated carbocycles. The number of benzene rings is 2. The third kappa shape index (κ3) is 9.97. The van der Waals surface area contributed by atoms with Crippen LogP contribution in [0.1, 0.15) is 30.4 Å². The average molecular weight is 604 g/mol. The number of nitrogens with one attached hydrogen (secondary N) is 2. The molecule has 0 aliphatic rings. The number of halogens is 2. The van der Waals surface area contributed by atoms with E-state index in [-0.39, 0.29) is 5.84 Å². The number of nitrogens with two attached hydrogens (primary N) is 1. The topological polar surface area (TPSA) is 114 Å². The van der Waals surface area contributed by atoms with Crippen LogP contribution in [0.15, 0.2) is 48.5 Å². The van der Waals surface area contributed by atoms with Crippen molar-refractivity contribution in [2.24, 2.45) is 5.73 Å². The van der Waals surface area contributed by atoms with E-state index >= 15 is 0 Å². The SMILES string of the molecule is [Cl][Pt+2][Cl].[N-]=C([NH-])c1ccc(OCCCCCOc2ccc(C(=N)N)cc2)cc1. The smallest absolute Gasteiger partial charge is 0.122 e. The van der Waals surface area contributed by atoms with Gasteiger partial charge >= 0.3 is 35.3 Å². The van der Waals surface area contributed by atoms with Crippen LogP contribution in [0.2, 0.25) is 0 Å². The van der Waals surface area contributed by atoms with E-state index in [4.69, 9.17) is 50.6 Å². The molecule has 0 aromatic heterocycles. The molecule has 0 heterocycles. The molecule has 0 unspecified atom stereocenters. The second-order valence-electron chi connectivity index (χ2n) is 5.61. The molecule has 154 valence electrons. The fraction of sp³-hybridized carbons (Fsp3) is 0.263. The summed E-state index contributed by atoms with van der Waals surface area (Å²) in [7, 11) is 9.75. The average Bonchev–Trinajstić information content (AvgIpc) is 2.68. The second kappa shape index (κ2) is 14.3. The maximum atomic E-state index is 9.05. The Hall–Kier alpha value is -1.75. The number of rotatable bonds is 10. The van der Waals surface area contributed by atoms with Crippen molar-refractivity contribution in [3.8, 4) is 11.5 Å². The molecule has 2 rings (SSSR count). The van der Waals surface area contributed by atoms with Gasteiger partial charge in [0.25, 0.3) is 0 Å².